The van der Waals surface area contributed by atoms with E-state index in [0.29, 0.717) is 0 Å². The molecule has 0 aromatic heterocycles. The van der Waals surface area contributed by atoms with Gasteiger partial charge < -0.3 is 4.74 Å². The standard InChI is InChI=1S/C7H8F3NO2/c1-3(2)4-5(12)13-6(11-4)7(8,9)10/h3,6H,1-2H3/t6-/m1/s1. The van der Waals surface area contributed by atoms with Crippen molar-refractivity contribution in [3.8, 4) is 0 Å². The Morgan fingerprint density at radius 3 is 2.23 bits per heavy atom. The second kappa shape index (κ2) is 3.01. The van der Waals surface area contributed by atoms with E-state index in [1.807, 2.05) is 0 Å². The Bertz CT molecular complexity index is 257. The zero-order valence-electron chi connectivity index (χ0n) is 7.05. The molecule has 13 heavy (non-hydrogen) atoms. The second-order valence-corrected chi connectivity index (χ2v) is 2.97. The molecule has 6 heteroatoms. The van der Waals surface area contributed by atoms with Crippen molar-refractivity contribution in [2.24, 2.45) is 10.9 Å². The minimum Gasteiger partial charge on any atom is -0.425 e. The zero-order chi connectivity index (χ0) is 10.2. The highest BCUT2D eigenvalue weighted by molar-refractivity contribution is 6.38. The second-order valence-electron chi connectivity index (χ2n) is 2.97. The minimum absolute atomic E-state index is 0.151. The lowest BCUT2D eigenvalue weighted by Crippen LogP contribution is -2.27. The SMILES string of the molecule is CC(C)C1=N[C@@H](C(F)(F)F)OC1=O. The van der Waals surface area contributed by atoms with Gasteiger partial charge in [0.2, 0.25) is 0 Å². The fraction of sp³-hybridized carbons (Fsp3) is 0.714. The third-order valence-electron chi connectivity index (χ3n) is 1.51. The molecule has 0 fully saturated rings. The Labute approximate surface area is 72.6 Å². The van der Waals surface area contributed by atoms with Crippen molar-refractivity contribution in [2.45, 2.75) is 26.3 Å². The van der Waals surface area contributed by atoms with Gasteiger partial charge in [-0.3, -0.25) is 0 Å². The maximum atomic E-state index is 12.0. The Balaban J connectivity index is 2.84. The number of cyclic esters (lactones) is 1. The van der Waals surface area contributed by atoms with Gasteiger partial charge in [0.15, 0.2) is 0 Å². The summed E-state index contributed by atoms with van der Waals surface area (Å²) in [5.74, 6) is -1.32. The number of rotatable bonds is 1. The van der Waals surface area contributed by atoms with Gasteiger partial charge in [0.25, 0.3) is 6.23 Å². The number of ether oxygens (including phenoxy) is 1. The van der Waals surface area contributed by atoms with Gasteiger partial charge in [-0.1, -0.05) is 13.8 Å². The maximum Gasteiger partial charge on any atom is 0.447 e. The van der Waals surface area contributed by atoms with Crippen molar-refractivity contribution in [1.82, 2.24) is 0 Å². The molecule has 0 saturated carbocycles. The van der Waals surface area contributed by atoms with Crippen LogP contribution in [-0.4, -0.2) is 24.1 Å². The first kappa shape index (κ1) is 10.0. The van der Waals surface area contributed by atoms with Crippen LogP contribution < -0.4 is 0 Å². The van der Waals surface area contributed by atoms with Crippen molar-refractivity contribution >= 4 is 11.7 Å². The lowest BCUT2D eigenvalue weighted by atomic mass is 10.1. The highest BCUT2D eigenvalue weighted by Crippen LogP contribution is 2.28. The third-order valence-corrected chi connectivity index (χ3v) is 1.51. The molecule has 1 aliphatic rings. The van der Waals surface area contributed by atoms with E-state index >= 15 is 0 Å². The van der Waals surface area contributed by atoms with E-state index in [0.717, 1.165) is 0 Å². The van der Waals surface area contributed by atoms with Gasteiger partial charge in [0.1, 0.15) is 5.71 Å². The number of esters is 1. The summed E-state index contributed by atoms with van der Waals surface area (Å²) < 4.78 is 40.0. The monoisotopic (exact) mass is 195 g/mol. The van der Waals surface area contributed by atoms with Crippen molar-refractivity contribution in [2.75, 3.05) is 0 Å². The van der Waals surface area contributed by atoms with Gasteiger partial charge in [0, 0.05) is 5.92 Å². The van der Waals surface area contributed by atoms with Crippen LogP contribution in [0.4, 0.5) is 13.2 Å². The Hall–Kier alpha value is -1.07. The molecule has 0 radical (unpaired) electrons. The molecule has 3 nitrogen and oxygen atoms in total. The molecule has 1 aliphatic heterocycles. The number of alkyl halides is 3. The fourth-order valence-corrected chi connectivity index (χ4v) is 0.892. The predicted octanol–water partition coefficient (Wildman–Crippen LogP) is 1.53. The molecule has 0 aromatic carbocycles. The summed E-state index contributed by atoms with van der Waals surface area (Å²) in [6, 6.07) is 0. The van der Waals surface area contributed by atoms with Crippen molar-refractivity contribution in [3.63, 3.8) is 0 Å². The van der Waals surface area contributed by atoms with Gasteiger partial charge in [-0.05, 0) is 0 Å². The lowest BCUT2D eigenvalue weighted by molar-refractivity contribution is -0.210. The number of aliphatic imine (C=N–C) groups is 1. The molecule has 0 bridgehead atoms. The molecule has 0 spiro atoms. The molecule has 0 N–H and O–H groups in total. The first-order chi connectivity index (χ1) is 5.82. The Morgan fingerprint density at radius 2 is 2.00 bits per heavy atom. The lowest BCUT2D eigenvalue weighted by Gasteiger charge is -2.09. The molecule has 0 aliphatic carbocycles. The largest absolute Gasteiger partial charge is 0.447 e. The number of carbonyl (C=O) groups is 1. The van der Waals surface area contributed by atoms with Crippen molar-refractivity contribution < 1.29 is 22.7 Å². The van der Waals surface area contributed by atoms with Crippen LogP contribution in [0, 0.1) is 5.92 Å². The van der Waals surface area contributed by atoms with E-state index in [1.54, 1.807) is 13.8 Å². The molecule has 1 heterocycles. The van der Waals surface area contributed by atoms with Gasteiger partial charge >= 0.3 is 12.1 Å². The summed E-state index contributed by atoms with van der Waals surface area (Å²) >= 11 is 0. The topological polar surface area (TPSA) is 38.7 Å². The maximum absolute atomic E-state index is 12.0. The van der Waals surface area contributed by atoms with E-state index < -0.39 is 18.4 Å². The summed E-state index contributed by atoms with van der Waals surface area (Å²) in [4.78, 5) is 14.0. The molecule has 1 rings (SSSR count). The van der Waals surface area contributed by atoms with Crippen LogP contribution in [0.3, 0.4) is 0 Å². The molecule has 0 saturated heterocycles. The van der Waals surface area contributed by atoms with E-state index in [-0.39, 0.29) is 11.6 Å². The van der Waals surface area contributed by atoms with E-state index in [4.69, 9.17) is 0 Å². The average molecular weight is 195 g/mol. The number of hydrogen-bond donors (Lipinski definition) is 0. The highest BCUT2D eigenvalue weighted by atomic mass is 19.4. The van der Waals surface area contributed by atoms with Crippen LogP contribution in [0.1, 0.15) is 13.8 Å². The molecule has 0 unspecified atom stereocenters. The number of halogens is 3. The van der Waals surface area contributed by atoms with E-state index in [2.05, 4.69) is 9.73 Å². The first-order valence-corrected chi connectivity index (χ1v) is 3.67. The van der Waals surface area contributed by atoms with Crippen LogP contribution in [0.15, 0.2) is 4.99 Å². The average Bonchev–Trinajstić information content (AvgIpc) is 2.29. The molecule has 0 aromatic rings. The molecule has 74 valence electrons. The van der Waals surface area contributed by atoms with Crippen LogP contribution in [0.2, 0.25) is 0 Å². The summed E-state index contributed by atoms with van der Waals surface area (Å²) in [5, 5.41) is 0. The summed E-state index contributed by atoms with van der Waals surface area (Å²) in [5.41, 5.74) is -0.151. The Kier molecular flexibility index (Phi) is 2.32. The summed E-state index contributed by atoms with van der Waals surface area (Å²) in [7, 11) is 0. The zero-order valence-corrected chi connectivity index (χ0v) is 7.05. The highest BCUT2D eigenvalue weighted by Gasteiger charge is 2.47. The number of carbonyl (C=O) groups excluding carboxylic acids is 1. The molecular formula is C7H8F3NO2. The smallest absolute Gasteiger partial charge is 0.425 e. The molecule has 1 atom stereocenters. The van der Waals surface area contributed by atoms with Crippen LogP contribution in [0.25, 0.3) is 0 Å². The summed E-state index contributed by atoms with van der Waals surface area (Å²) in [6.07, 6.45) is -6.91. The number of nitrogens with zero attached hydrogens (tertiary/aromatic N) is 1. The van der Waals surface area contributed by atoms with Gasteiger partial charge in [-0.15, -0.1) is 0 Å². The van der Waals surface area contributed by atoms with E-state index in [9.17, 15) is 18.0 Å². The van der Waals surface area contributed by atoms with Gasteiger partial charge in [0.05, 0.1) is 0 Å². The predicted molar refractivity (Wildman–Crippen MR) is 38.2 cm³/mol. The van der Waals surface area contributed by atoms with E-state index in [1.165, 1.54) is 0 Å². The molecule has 0 amide bonds. The van der Waals surface area contributed by atoms with Crippen LogP contribution >= 0.6 is 0 Å². The Morgan fingerprint density at radius 1 is 1.46 bits per heavy atom. The van der Waals surface area contributed by atoms with Crippen molar-refractivity contribution in [1.29, 1.82) is 0 Å². The number of hydrogen-bond acceptors (Lipinski definition) is 3. The molecular weight excluding hydrogens is 187 g/mol. The van der Waals surface area contributed by atoms with Gasteiger partial charge in [-0.2, -0.15) is 13.2 Å². The first-order valence-electron chi connectivity index (χ1n) is 3.67. The summed E-state index contributed by atoms with van der Waals surface area (Å²) in [6.45, 7) is 3.16. The van der Waals surface area contributed by atoms with Crippen LogP contribution in [-0.2, 0) is 9.53 Å². The fourth-order valence-electron chi connectivity index (χ4n) is 0.892. The van der Waals surface area contributed by atoms with Gasteiger partial charge in [-0.25, -0.2) is 9.79 Å². The van der Waals surface area contributed by atoms with Crippen molar-refractivity contribution in [3.05, 3.63) is 0 Å². The normalized spacial score (nSPS) is 23.4. The van der Waals surface area contributed by atoms with Crippen LogP contribution in [0.5, 0.6) is 0 Å². The quantitative estimate of drug-likeness (QED) is 0.595. The third kappa shape index (κ3) is 1.99. The minimum atomic E-state index is -4.60.